The number of hydrogen-bond donors (Lipinski definition) is 3. The molecule has 5 atom stereocenters. The van der Waals surface area contributed by atoms with E-state index in [0.717, 1.165) is 102 Å². The summed E-state index contributed by atoms with van der Waals surface area (Å²) in [6, 6.07) is 0. The van der Waals surface area contributed by atoms with Crippen LogP contribution in [0.25, 0.3) is 0 Å². The Morgan fingerprint density at radius 2 is 0.479 bits per heavy atom. The summed E-state index contributed by atoms with van der Waals surface area (Å²) in [5, 5.41) is 10.6. The van der Waals surface area contributed by atoms with Gasteiger partial charge in [-0.3, -0.25) is 37.3 Å². The van der Waals surface area contributed by atoms with Gasteiger partial charge in [-0.05, 0) is 37.5 Å². The minimum Gasteiger partial charge on any atom is -0.462 e. The Hall–Kier alpha value is -1.94. The van der Waals surface area contributed by atoms with Gasteiger partial charge in [-0.2, -0.15) is 0 Å². The van der Waals surface area contributed by atoms with Crippen LogP contribution in [0.3, 0.4) is 0 Å². The Labute approximate surface area is 588 Å². The molecule has 0 saturated carbocycles. The fourth-order valence-corrected chi connectivity index (χ4v) is 13.4. The topological polar surface area (TPSA) is 237 Å². The van der Waals surface area contributed by atoms with Gasteiger partial charge in [0.2, 0.25) is 0 Å². The number of ether oxygens (including phenoxy) is 4. The summed E-state index contributed by atoms with van der Waals surface area (Å²) in [5.41, 5.74) is 0. The minimum atomic E-state index is -4.96. The van der Waals surface area contributed by atoms with E-state index in [0.29, 0.717) is 31.6 Å². The number of rotatable bonds is 76. The lowest BCUT2D eigenvalue weighted by Gasteiger charge is -2.21. The lowest BCUT2D eigenvalue weighted by Crippen LogP contribution is -2.30. The molecule has 0 fully saturated rings. The standard InChI is InChI=1S/C77H150O17P2/c1-7-9-11-13-15-17-18-19-20-21-22-23-24-25-26-31-34-37-43-49-55-61-76(81)93-72(66-88-75(80)60-54-48-42-36-33-30-28-27-29-32-35-39-45-51-57-69(3)4)67-91-95(83,84)89-63-71(78)64-90-96(85,86)92-68-73(65-87-74(79)59-53-47-41-16-14-12-10-8-2)94-77(82)62-56-50-44-38-40-46-52-58-70(5)6/h69-73,78H,7-68H2,1-6H3,(H,83,84)(H,85,86)/t71-,72-,73-/m1/s1. The van der Waals surface area contributed by atoms with Crippen LogP contribution in [0.2, 0.25) is 0 Å². The molecule has 0 rings (SSSR count). The Morgan fingerprint density at radius 3 is 0.708 bits per heavy atom. The van der Waals surface area contributed by atoms with E-state index in [-0.39, 0.29) is 25.7 Å². The molecule has 570 valence electrons. The highest BCUT2D eigenvalue weighted by molar-refractivity contribution is 7.47. The lowest BCUT2D eigenvalue weighted by molar-refractivity contribution is -0.161. The molecule has 96 heavy (non-hydrogen) atoms. The van der Waals surface area contributed by atoms with Crippen molar-refractivity contribution in [2.45, 2.75) is 419 Å². The Kier molecular flexibility index (Phi) is 67.4. The van der Waals surface area contributed by atoms with Crippen LogP contribution >= 0.6 is 15.6 Å². The molecule has 0 aliphatic rings. The number of phosphoric ester groups is 2. The second-order valence-corrected chi connectivity index (χ2v) is 31.6. The SMILES string of the molecule is CCCCCCCCCCCCCCCCCCCCCCCC(=O)O[C@H](COC(=O)CCCCCCCCCCCCCCCCC(C)C)COP(=O)(O)OC[C@@H](O)COP(=O)(O)OC[C@@H](COC(=O)CCCCCCCCCC)OC(=O)CCCCCCCCCC(C)C. The largest absolute Gasteiger partial charge is 0.472 e. The van der Waals surface area contributed by atoms with E-state index < -0.39 is 97.5 Å². The van der Waals surface area contributed by atoms with Crippen LogP contribution in [-0.2, 0) is 65.4 Å². The Bertz CT molecular complexity index is 1860. The smallest absolute Gasteiger partial charge is 0.462 e. The third-order valence-electron chi connectivity index (χ3n) is 18.0. The third-order valence-corrected chi connectivity index (χ3v) is 19.9. The molecule has 0 aliphatic heterocycles. The molecule has 0 aliphatic carbocycles. The number of unbranched alkanes of at least 4 members (excludes halogenated alkanes) is 46. The van der Waals surface area contributed by atoms with Crippen molar-refractivity contribution in [1.29, 1.82) is 0 Å². The summed E-state index contributed by atoms with van der Waals surface area (Å²) >= 11 is 0. The number of aliphatic hydroxyl groups is 1. The van der Waals surface area contributed by atoms with Gasteiger partial charge in [0, 0.05) is 25.7 Å². The molecule has 2 unspecified atom stereocenters. The lowest BCUT2D eigenvalue weighted by atomic mass is 10.0. The Morgan fingerprint density at radius 1 is 0.281 bits per heavy atom. The van der Waals surface area contributed by atoms with Gasteiger partial charge in [-0.15, -0.1) is 0 Å². The summed E-state index contributed by atoms with van der Waals surface area (Å²) in [4.78, 5) is 72.7. The molecule has 0 spiro atoms. The van der Waals surface area contributed by atoms with E-state index in [4.69, 9.17) is 37.0 Å². The molecule has 0 saturated heterocycles. The van der Waals surface area contributed by atoms with E-state index in [9.17, 15) is 43.2 Å². The van der Waals surface area contributed by atoms with Crippen molar-refractivity contribution in [1.82, 2.24) is 0 Å². The molecule has 0 heterocycles. The molecule has 3 N–H and O–H groups in total. The zero-order valence-corrected chi connectivity index (χ0v) is 64.5. The maximum absolute atomic E-state index is 13.1. The fraction of sp³-hybridized carbons (Fsp3) is 0.948. The highest BCUT2D eigenvalue weighted by Crippen LogP contribution is 2.45. The van der Waals surface area contributed by atoms with Gasteiger partial charge in [0.1, 0.15) is 19.3 Å². The summed E-state index contributed by atoms with van der Waals surface area (Å²) in [5.74, 6) is -0.625. The summed E-state index contributed by atoms with van der Waals surface area (Å²) in [7, 11) is -9.91. The first kappa shape index (κ1) is 94.1. The van der Waals surface area contributed by atoms with Gasteiger partial charge in [0.25, 0.3) is 0 Å². The first-order chi connectivity index (χ1) is 46.4. The Balaban J connectivity index is 5.17. The van der Waals surface area contributed by atoms with Crippen molar-refractivity contribution in [2.75, 3.05) is 39.6 Å². The first-order valence-corrected chi connectivity index (χ1v) is 43.0. The van der Waals surface area contributed by atoms with Crippen molar-refractivity contribution in [3.63, 3.8) is 0 Å². The van der Waals surface area contributed by atoms with Crippen LogP contribution in [0, 0.1) is 11.8 Å². The monoisotopic (exact) mass is 1410 g/mol. The van der Waals surface area contributed by atoms with E-state index >= 15 is 0 Å². The maximum atomic E-state index is 13.1. The van der Waals surface area contributed by atoms with Gasteiger partial charge >= 0.3 is 39.5 Å². The molecule has 0 radical (unpaired) electrons. The van der Waals surface area contributed by atoms with Crippen LogP contribution in [0.1, 0.15) is 401 Å². The molecule has 0 aromatic heterocycles. The second kappa shape index (κ2) is 68.8. The van der Waals surface area contributed by atoms with Gasteiger partial charge in [0.15, 0.2) is 12.2 Å². The molecule has 17 nitrogen and oxygen atoms in total. The first-order valence-electron chi connectivity index (χ1n) is 40.0. The molecular formula is C77H150O17P2. The van der Waals surface area contributed by atoms with Crippen LogP contribution in [0.5, 0.6) is 0 Å². The van der Waals surface area contributed by atoms with Crippen molar-refractivity contribution in [3.8, 4) is 0 Å². The number of carbonyl (C=O) groups is 4. The van der Waals surface area contributed by atoms with E-state index in [1.807, 2.05) is 0 Å². The summed E-state index contributed by atoms with van der Waals surface area (Å²) < 4.78 is 68.4. The second-order valence-electron chi connectivity index (χ2n) is 28.7. The zero-order chi connectivity index (χ0) is 70.7. The normalized spacial score (nSPS) is 14.0. The highest BCUT2D eigenvalue weighted by atomic mass is 31.2. The number of carbonyl (C=O) groups excluding carboxylic acids is 4. The van der Waals surface area contributed by atoms with Crippen LogP contribution in [-0.4, -0.2) is 96.7 Å². The van der Waals surface area contributed by atoms with Crippen molar-refractivity contribution in [2.24, 2.45) is 11.8 Å². The number of hydrogen-bond acceptors (Lipinski definition) is 15. The van der Waals surface area contributed by atoms with Crippen molar-refractivity contribution >= 4 is 39.5 Å². The number of phosphoric acid groups is 2. The van der Waals surface area contributed by atoms with E-state index in [1.54, 1.807) is 0 Å². The van der Waals surface area contributed by atoms with E-state index in [2.05, 4.69) is 41.5 Å². The quantitative estimate of drug-likeness (QED) is 0.0222. The van der Waals surface area contributed by atoms with Crippen LogP contribution in [0.4, 0.5) is 0 Å². The molecule has 0 amide bonds. The van der Waals surface area contributed by atoms with Gasteiger partial charge in [-0.25, -0.2) is 9.13 Å². The molecule has 0 aromatic rings. The predicted molar refractivity (Wildman–Crippen MR) is 391 cm³/mol. The summed E-state index contributed by atoms with van der Waals surface area (Å²) in [6.45, 7) is 9.53. The average molecular weight is 1410 g/mol. The molecule has 0 bridgehead atoms. The summed E-state index contributed by atoms with van der Waals surface area (Å²) in [6.07, 6.45) is 57.2. The van der Waals surface area contributed by atoms with Crippen LogP contribution in [0.15, 0.2) is 0 Å². The average Bonchev–Trinajstić information content (AvgIpc) is 1.19. The highest BCUT2D eigenvalue weighted by Gasteiger charge is 2.30. The predicted octanol–water partition coefficient (Wildman–Crippen LogP) is 22.7. The minimum absolute atomic E-state index is 0.103. The van der Waals surface area contributed by atoms with Crippen LogP contribution < -0.4 is 0 Å². The van der Waals surface area contributed by atoms with Gasteiger partial charge in [-0.1, -0.05) is 350 Å². The molecule has 19 heteroatoms. The fourth-order valence-electron chi connectivity index (χ4n) is 11.8. The number of esters is 4. The van der Waals surface area contributed by atoms with Gasteiger partial charge in [0.05, 0.1) is 26.4 Å². The van der Waals surface area contributed by atoms with Crippen molar-refractivity contribution in [3.05, 3.63) is 0 Å². The van der Waals surface area contributed by atoms with Crippen molar-refractivity contribution < 1.29 is 80.2 Å². The maximum Gasteiger partial charge on any atom is 0.472 e. The zero-order valence-electron chi connectivity index (χ0n) is 62.7. The van der Waals surface area contributed by atoms with E-state index in [1.165, 1.54) is 212 Å². The third kappa shape index (κ3) is 70.5. The van der Waals surface area contributed by atoms with Gasteiger partial charge < -0.3 is 33.8 Å². The number of aliphatic hydroxyl groups excluding tert-OH is 1. The molecular weight excluding hydrogens is 1260 g/mol. The molecule has 0 aromatic carbocycles.